The van der Waals surface area contributed by atoms with Crippen LogP contribution in [0.1, 0.15) is 18.1 Å². The Hall–Kier alpha value is -1.21. The first kappa shape index (κ1) is 29.4. The molecule has 0 saturated heterocycles. The van der Waals surface area contributed by atoms with Gasteiger partial charge in [-0.1, -0.05) is 12.1 Å². The fourth-order valence-electron chi connectivity index (χ4n) is 5.60. The van der Waals surface area contributed by atoms with Gasteiger partial charge in [-0.15, -0.1) is 0 Å². The fourth-order valence-corrected chi connectivity index (χ4v) is 5.60. The number of hydrogen-bond donors (Lipinski definition) is 7. The second kappa shape index (κ2) is 10.2. The van der Waals surface area contributed by atoms with E-state index < -0.39 is 81.1 Å². The van der Waals surface area contributed by atoms with E-state index in [0.29, 0.717) is 9.47 Å². The molecule has 0 radical (unpaired) electrons. The van der Waals surface area contributed by atoms with Gasteiger partial charge in [0.05, 0.1) is 40.7 Å². The Morgan fingerprint density at radius 1 is 1.14 bits per heavy atom. The van der Waals surface area contributed by atoms with Crippen molar-refractivity contribution in [2.24, 2.45) is 17.6 Å². The van der Waals surface area contributed by atoms with Crippen LogP contribution in [0, 0.1) is 11.8 Å². The molecular weight excluding hydrogens is 741 g/mol. The number of hydrogen-bond acceptors (Lipinski definition) is 10. The maximum atomic E-state index is 13.7. The summed E-state index contributed by atoms with van der Waals surface area (Å²) in [6.07, 6.45) is -1.87. The molecule has 1 amide bonds. The summed E-state index contributed by atoms with van der Waals surface area (Å²) < 4.78 is 0. The zero-order chi connectivity index (χ0) is 27.5. The number of aromatic hydroxyl groups is 1. The number of amides is 1. The van der Waals surface area contributed by atoms with E-state index in [0.717, 1.165) is 0 Å². The van der Waals surface area contributed by atoms with Crippen LogP contribution in [-0.2, 0) is 29.5 Å². The van der Waals surface area contributed by atoms with Gasteiger partial charge in [0.15, 0.2) is 11.4 Å². The number of halogens is 2. The average Bonchev–Trinajstić information content (AvgIpc) is 2.76. The van der Waals surface area contributed by atoms with Crippen molar-refractivity contribution in [2.75, 3.05) is 14.1 Å². The quantitative estimate of drug-likeness (QED) is 0.163. The van der Waals surface area contributed by atoms with Crippen LogP contribution in [0.3, 0.4) is 0 Å². The third kappa shape index (κ3) is 4.02. The number of ketones is 2. The first-order valence-electron chi connectivity index (χ1n) is 10.4. The van der Waals surface area contributed by atoms with Crippen molar-refractivity contribution in [3.8, 4) is 5.75 Å². The van der Waals surface area contributed by atoms with Gasteiger partial charge in [-0.25, -0.2) is 0 Å². The summed E-state index contributed by atoms with van der Waals surface area (Å²) >= 11 is 4.74. The zero-order valence-electron chi connectivity index (χ0n) is 19.2. The van der Waals surface area contributed by atoms with E-state index >= 15 is 0 Å². The zero-order valence-corrected chi connectivity index (χ0v) is 24.9. The summed E-state index contributed by atoms with van der Waals surface area (Å²) in [6, 6.07) is 2.50. The molecule has 8 N–H and O–H groups in total. The number of aliphatic hydroxyl groups excluding tert-OH is 3. The molecule has 36 heavy (non-hydrogen) atoms. The molecule has 1 fully saturated rings. The van der Waals surface area contributed by atoms with Crippen molar-refractivity contribution in [1.29, 1.82) is 0 Å². The molecule has 11 nitrogen and oxygen atoms in total. The summed E-state index contributed by atoms with van der Waals surface area (Å²) in [7, 11) is 3.43. The van der Waals surface area contributed by atoms with Gasteiger partial charge in [0.1, 0.15) is 22.8 Å². The number of phenolic OH excluding ortho intramolecular Hbond substituents is 1. The molecule has 0 bridgehead atoms. The van der Waals surface area contributed by atoms with E-state index in [4.69, 9.17) is 5.73 Å². The second-order valence-corrected chi connectivity index (χ2v) is 20.9. The average molecular weight is 765 g/mol. The number of nitrogens with two attached hydrogens (primary N) is 1. The van der Waals surface area contributed by atoms with Gasteiger partial charge in [0.2, 0.25) is 5.78 Å². The van der Waals surface area contributed by atoms with Gasteiger partial charge in [-0.3, -0.25) is 19.3 Å². The van der Waals surface area contributed by atoms with E-state index in [2.05, 4.69) is 40.0 Å². The van der Waals surface area contributed by atoms with Crippen molar-refractivity contribution < 1.29 is 54.5 Å². The first-order chi connectivity index (χ1) is 16.6. The number of rotatable bonds is 2. The summed E-state index contributed by atoms with van der Waals surface area (Å²) in [6.45, 7) is 1.25. The van der Waals surface area contributed by atoms with Crippen LogP contribution in [0.25, 0.3) is 5.76 Å². The molecule has 1 saturated carbocycles. The van der Waals surface area contributed by atoms with Crippen LogP contribution in [0.15, 0.2) is 35.1 Å². The number of primary amides is 1. The number of aliphatic hydroxyl groups is 5. The molecule has 0 aromatic heterocycles. The molecule has 1 unspecified atom stereocenters. The predicted molar refractivity (Wildman–Crippen MR) is 140 cm³/mol. The summed E-state index contributed by atoms with van der Waals surface area (Å²) in [5, 5.41) is 66.3. The SMILES string of the molecule is CN(C)C1C(=O)C(C(N)=O)=C(O)[C@@]2(O)C(=O)C3=C(O)c4c(O)cccc4[C@@](C)(O)[C@H]3[C@H](O)[C@@H]12.[I][V][I]. The van der Waals surface area contributed by atoms with Crippen LogP contribution in [0.5, 0.6) is 5.75 Å². The molecule has 3 aliphatic carbocycles. The van der Waals surface area contributed by atoms with Gasteiger partial charge in [0, 0.05) is 0 Å². The van der Waals surface area contributed by atoms with E-state index in [1.807, 2.05) is 0 Å². The maximum absolute atomic E-state index is 13.7. The van der Waals surface area contributed by atoms with Crippen LogP contribution >= 0.6 is 40.0 Å². The molecule has 0 heterocycles. The Kier molecular flexibility index (Phi) is 8.29. The van der Waals surface area contributed by atoms with Crippen molar-refractivity contribution in [2.45, 2.75) is 30.3 Å². The monoisotopic (exact) mass is 765 g/mol. The molecule has 0 aliphatic heterocycles. The third-order valence-electron chi connectivity index (χ3n) is 7.03. The number of carbonyl (C=O) groups is 3. The number of benzene rings is 1. The van der Waals surface area contributed by atoms with Crippen molar-refractivity contribution in [3.05, 3.63) is 46.2 Å². The van der Waals surface area contributed by atoms with Gasteiger partial charge in [-0.2, -0.15) is 0 Å². The van der Waals surface area contributed by atoms with Crippen LogP contribution in [-0.4, -0.2) is 84.9 Å². The molecule has 4 rings (SSSR count). The van der Waals surface area contributed by atoms with E-state index in [9.17, 15) is 45.0 Å². The van der Waals surface area contributed by atoms with Gasteiger partial charge >= 0.3 is 49.4 Å². The number of Topliss-reactive ketones (excluding diaryl/α,β-unsaturated/α-hetero) is 2. The number of carbonyl (C=O) groups excluding carboxylic acids is 3. The number of phenols is 1. The van der Waals surface area contributed by atoms with Gasteiger partial charge in [-0.05, 0) is 32.6 Å². The van der Waals surface area contributed by atoms with Crippen molar-refractivity contribution >= 4 is 63.2 Å². The number of nitrogens with zero attached hydrogens (tertiary/aromatic N) is 1. The fraction of sp³-hybridized carbons (Fsp3) is 0.409. The second-order valence-electron chi connectivity index (χ2n) is 9.12. The van der Waals surface area contributed by atoms with Crippen LogP contribution < -0.4 is 5.73 Å². The first-order valence-corrected chi connectivity index (χ1v) is 19.4. The number of likely N-dealkylation sites (N-methyl/N-ethyl adjacent to an activating group) is 1. The molecule has 1 aromatic carbocycles. The minimum absolute atomic E-state index is 0.00664. The van der Waals surface area contributed by atoms with E-state index in [-0.39, 0.29) is 11.1 Å². The van der Waals surface area contributed by atoms with Crippen LogP contribution in [0.2, 0.25) is 0 Å². The van der Waals surface area contributed by atoms with Gasteiger partial charge < -0.3 is 36.4 Å². The van der Waals surface area contributed by atoms with E-state index in [1.165, 1.54) is 44.1 Å². The molecule has 0 spiro atoms. The van der Waals surface area contributed by atoms with Gasteiger partial charge in [0.25, 0.3) is 5.91 Å². The predicted octanol–water partition coefficient (Wildman–Crippen LogP) is 0.369. The molecule has 1 aromatic rings. The standard InChI is InChI=1S/C22H24N2O9.2HI.V/c1-21(32)7-5-4-6-8(25)9(7)15(26)10-12(21)17(28)13-14(24(2)3)16(27)11(20(23)31)19(30)22(13,33)18(10)29;;;/h4-6,12-14,17,25-26,28,30,32-33H,1-3H3,(H2,23,31);2*1H;/q;;;+2/p-2/t12-,13-,14?,17+,21-,22+;;;/m1.../s1. The van der Waals surface area contributed by atoms with Crippen molar-refractivity contribution in [3.63, 3.8) is 0 Å². The molecule has 195 valence electrons. The minimum atomic E-state index is -3.02. The molecule has 6 atom stereocenters. The van der Waals surface area contributed by atoms with E-state index in [1.54, 1.807) is 0 Å². The third-order valence-corrected chi connectivity index (χ3v) is 7.03. The van der Waals surface area contributed by atoms with Crippen molar-refractivity contribution in [1.82, 2.24) is 4.90 Å². The topological polar surface area (TPSA) is 202 Å². The summed E-state index contributed by atoms with van der Waals surface area (Å²) in [4.78, 5) is 39.9. The Balaban J connectivity index is 0.00000115. The normalized spacial score (nSPS) is 33.4. The molecule has 3 aliphatic rings. The Morgan fingerprint density at radius 2 is 1.69 bits per heavy atom. The number of fused-ring (bicyclic) bond motifs is 3. The summed E-state index contributed by atoms with van der Waals surface area (Å²) in [5.74, 6) is -9.67. The Labute approximate surface area is 234 Å². The molecular formula is C22H24I2N2O9V. The Bertz CT molecular complexity index is 1220. The summed E-state index contributed by atoms with van der Waals surface area (Å²) in [5.41, 5.74) is -1.78. The Morgan fingerprint density at radius 3 is 2.19 bits per heavy atom. The molecule has 14 heteroatoms. The van der Waals surface area contributed by atoms with Crippen LogP contribution in [0.4, 0.5) is 0 Å².